The van der Waals surface area contributed by atoms with Crippen LogP contribution in [-0.2, 0) is 6.42 Å². The van der Waals surface area contributed by atoms with Crippen LogP contribution in [0.3, 0.4) is 0 Å². The highest BCUT2D eigenvalue weighted by Crippen LogP contribution is 2.36. The summed E-state index contributed by atoms with van der Waals surface area (Å²) in [5, 5.41) is 3.38. The van der Waals surface area contributed by atoms with Crippen LogP contribution in [0.2, 0.25) is 0 Å². The van der Waals surface area contributed by atoms with Crippen molar-refractivity contribution < 1.29 is 4.74 Å². The fourth-order valence-corrected chi connectivity index (χ4v) is 3.35. The molecule has 2 aliphatic rings. The van der Waals surface area contributed by atoms with E-state index in [1.165, 1.54) is 43.5 Å². The molecule has 1 N–H and O–H groups in total. The zero-order valence-corrected chi connectivity index (χ0v) is 11.8. The van der Waals surface area contributed by atoms with E-state index in [9.17, 15) is 0 Å². The average molecular weight is 260 g/mol. The summed E-state index contributed by atoms with van der Waals surface area (Å²) in [7, 11) is 2.04. The van der Waals surface area contributed by atoms with Crippen LogP contribution in [0.1, 0.15) is 36.4 Å². The SMILES string of the molecule is CNC1CCc2c(OCCN3CCCC3)cccc21. The fraction of sp³-hybridized carbons (Fsp3) is 0.625. The molecule has 1 aromatic carbocycles. The normalized spacial score (nSPS) is 22.7. The van der Waals surface area contributed by atoms with Crippen LogP contribution < -0.4 is 10.1 Å². The molecule has 104 valence electrons. The van der Waals surface area contributed by atoms with Crippen LogP contribution in [0.4, 0.5) is 0 Å². The average Bonchev–Trinajstić information content (AvgIpc) is 3.07. The molecule has 0 bridgehead atoms. The third-order valence-electron chi connectivity index (χ3n) is 4.44. The third-order valence-corrected chi connectivity index (χ3v) is 4.44. The highest BCUT2D eigenvalue weighted by Gasteiger charge is 2.23. The highest BCUT2D eigenvalue weighted by molar-refractivity contribution is 5.45. The van der Waals surface area contributed by atoms with Crippen molar-refractivity contribution in [3.05, 3.63) is 29.3 Å². The van der Waals surface area contributed by atoms with E-state index in [-0.39, 0.29) is 0 Å². The third kappa shape index (κ3) is 2.77. The summed E-state index contributed by atoms with van der Waals surface area (Å²) in [5.74, 6) is 1.11. The van der Waals surface area contributed by atoms with Gasteiger partial charge in [-0.15, -0.1) is 0 Å². The van der Waals surface area contributed by atoms with E-state index in [0.717, 1.165) is 25.3 Å². The van der Waals surface area contributed by atoms with E-state index in [0.29, 0.717) is 6.04 Å². The van der Waals surface area contributed by atoms with Crippen molar-refractivity contribution in [2.75, 3.05) is 33.3 Å². The lowest BCUT2D eigenvalue weighted by Gasteiger charge is -2.17. The van der Waals surface area contributed by atoms with Gasteiger partial charge in [-0.3, -0.25) is 4.90 Å². The van der Waals surface area contributed by atoms with Gasteiger partial charge < -0.3 is 10.1 Å². The predicted molar refractivity (Wildman–Crippen MR) is 77.7 cm³/mol. The van der Waals surface area contributed by atoms with Gasteiger partial charge in [0, 0.05) is 12.6 Å². The maximum atomic E-state index is 6.03. The Hall–Kier alpha value is -1.06. The summed E-state index contributed by atoms with van der Waals surface area (Å²) in [6.45, 7) is 4.38. The van der Waals surface area contributed by atoms with E-state index >= 15 is 0 Å². The largest absolute Gasteiger partial charge is 0.492 e. The molecule has 3 nitrogen and oxygen atoms in total. The number of benzene rings is 1. The molecule has 1 aromatic rings. The van der Waals surface area contributed by atoms with Gasteiger partial charge in [0.05, 0.1) is 0 Å². The number of likely N-dealkylation sites (tertiary alicyclic amines) is 1. The quantitative estimate of drug-likeness (QED) is 0.879. The first kappa shape index (κ1) is 12.9. The molecule has 19 heavy (non-hydrogen) atoms. The number of ether oxygens (including phenoxy) is 1. The second kappa shape index (κ2) is 5.93. The van der Waals surface area contributed by atoms with Crippen LogP contribution >= 0.6 is 0 Å². The Morgan fingerprint density at radius 3 is 2.95 bits per heavy atom. The van der Waals surface area contributed by atoms with Crippen molar-refractivity contribution in [3.63, 3.8) is 0 Å². The zero-order valence-electron chi connectivity index (χ0n) is 11.8. The van der Waals surface area contributed by atoms with Crippen molar-refractivity contribution in [1.29, 1.82) is 0 Å². The first-order valence-electron chi connectivity index (χ1n) is 7.52. The lowest BCUT2D eigenvalue weighted by atomic mass is 10.1. The Labute approximate surface area is 115 Å². The molecule has 1 aliphatic heterocycles. The fourth-order valence-electron chi connectivity index (χ4n) is 3.35. The van der Waals surface area contributed by atoms with Crippen LogP contribution in [0.5, 0.6) is 5.75 Å². The van der Waals surface area contributed by atoms with E-state index in [1.807, 2.05) is 7.05 Å². The molecule has 1 fully saturated rings. The molecule has 0 radical (unpaired) electrons. The lowest BCUT2D eigenvalue weighted by Crippen LogP contribution is -2.25. The smallest absolute Gasteiger partial charge is 0.122 e. The van der Waals surface area contributed by atoms with Gasteiger partial charge in [0.2, 0.25) is 0 Å². The van der Waals surface area contributed by atoms with E-state index < -0.39 is 0 Å². The van der Waals surface area contributed by atoms with Gasteiger partial charge in [0.1, 0.15) is 12.4 Å². The second-order valence-electron chi connectivity index (χ2n) is 5.60. The number of nitrogens with one attached hydrogen (secondary N) is 1. The maximum absolute atomic E-state index is 6.03. The molecule has 0 saturated carbocycles. The zero-order chi connectivity index (χ0) is 13.1. The van der Waals surface area contributed by atoms with Gasteiger partial charge >= 0.3 is 0 Å². The van der Waals surface area contributed by atoms with Gasteiger partial charge in [-0.1, -0.05) is 12.1 Å². The number of nitrogens with zero attached hydrogens (tertiary/aromatic N) is 1. The molecule has 1 atom stereocenters. The van der Waals surface area contributed by atoms with Crippen LogP contribution in [-0.4, -0.2) is 38.2 Å². The van der Waals surface area contributed by atoms with Crippen LogP contribution in [0.15, 0.2) is 18.2 Å². The summed E-state index contributed by atoms with van der Waals surface area (Å²) < 4.78 is 6.03. The van der Waals surface area contributed by atoms with E-state index in [4.69, 9.17) is 4.74 Å². The minimum Gasteiger partial charge on any atom is -0.492 e. The monoisotopic (exact) mass is 260 g/mol. The van der Waals surface area contributed by atoms with Gasteiger partial charge in [-0.25, -0.2) is 0 Å². The van der Waals surface area contributed by atoms with Gasteiger partial charge in [-0.05, 0) is 63.0 Å². The van der Waals surface area contributed by atoms with Crippen molar-refractivity contribution in [2.45, 2.75) is 31.7 Å². The summed E-state index contributed by atoms with van der Waals surface area (Å²) in [6, 6.07) is 6.99. The molecule has 3 heteroatoms. The van der Waals surface area contributed by atoms with Gasteiger partial charge in [0.25, 0.3) is 0 Å². The summed E-state index contributed by atoms with van der Waals surface area (Å²) in [5.41, 5.74) is 2.85. The molecule has 0 aromatic heterocycles. The predicted octanol–water partition coefficient (Wildman–Crippen LogP) is 2.37. The molecule has 0 spiro atoms. The standard InChI is InChI=1S/C16H24N2O/c1-17-15-8-7-14-13(15)5-4-6-16(14)19-12-11-18-9-2-3-10-18/h4-6,15,17H,2-3,7-12H2,1H3. The minimum atomic E-state index is 0.511. The van der Waals surface area contributed by atoms with Crippen LogP contribution in [0.25, 0.3) is 0 Å². The number of fused-ring (bicyclic) bond motifs is 1. The molecule has 1 unspecified atom stereocenters. The van der Waals surface area contributed by atoms with Gasteiger partial charge in [-0.2, -0.15) is 0 Å². The second-order valence-corrected chi connectivity index (χ2v) is 5.60. The van der Waals surface area contributed by atoms with E-state index in [1.54, 1.807) is 0 Å². The number of rotatable bonds is 5. The van der Waals surface area contributed by atoms with Crippen LogP contribution in [0, 0.1) is 0 Å². The number of hydrogen-bond donors (Lipinski definition) is 1. The Bertz CT molecular complexity index is 427. The Kier molecular flexibility index (Phi) is 4.04. The molecule has 0 amide bonds. The maximum Gasteiger partial charge on any atom is 0.122 e. The van der Waals surface area contributed by atoms with Gasteiger partial charge in [0.15, 0.2) is 0 Å². The molecular weight excluding hydrogens is 236 g/mol. The number of hydrogen-bond acceptors (Lipinski definition) is 3. The summed E-state index contributed by atoms with van der Waals surface area (Å²) >= 11 is 0. The lowest BCUT2D eigenvalue weighted by molar-refractivity contribution is 0.236. The molecule has 3 rings (SSSR count). The van der Waals surface area contributed by atoms with Crippen molar-refractivity contribution in [2.24, 2.45) is 0 Å². The van der Waals surface area contributed by atoms with Crippen molar-refractivity contribution in [3.8, 4) is 5.75 Å². The van der Waals surface area contributed by atoms with Crippen molar-refractivity contribution in [1.82, 2.24) is 10.2 Å². The Balaban J connectivity index is 1.60. The molecular formula is C16H24N2O. The van der Waals surface area contributed by atoms with Crippen molar-refractivity contribution >= 4 is 0 Å². The summed E-state index contributed by atoms with van der Waals surface area (Å²) in [6.07, 6.45) is 5.04. The topological polar surface area (TPSA) is 24.5 Å². The Morgan fingerprint density at radius 2 is 2.16 bits per heavy atom. The molecule has 1 aliphatic carbocycles. The first-order valence-corrected chi connectivity index (χ1v) is 7.52. The Morgan fingerprint density at radius 1 is 1.32 bits per heavy atom. The van der Waals surface area contributed by atoms with E-state index in [2.05, 4.69) is 28.4 Å². The highest BCUT2D eigenvalue weighted by atomic mass is 16.5. The molecule has 1 saturated heterocycles. The summed E-state index contributed by atoms with van der Waals surface area (Å²) in [4.78, 5) is 2.50. The molecule has 1 heterocycles. The first-order chi connectivity index (χ1) is 9.38. The minimum absolute atomic E-state index is 0.511.